The SMILES string of the molecule is CC(C)c1cc(C(=O)NC(C)c2cc(F)ccc2N2CCN(C)CC2)nn1C(C)(C)C. The molecule has 7 heteroatoms. The molecule has 2 heterocycles. The van der Waals surface area contributed by atoms with Crippen molar-refractivity contribution < 1.29 is 9.18 Å². The van der Waals surface area contributed by atoms with Crippen molar-refractivity contribution in [2.24, 2.45) is 0 Å². The Morgan fingerprint density at radius 1 is 1.10 bits per heavy atom. The Labute approximate surface area is 185 Å². The van der Waals surface area contributed by atoms with Gasteiger partial charge in [0.25, 0.3) is 5.91 Å². The van der Waals surface area contributed by atoms with E-state index >= 15 is 0 Å². The van der Waals surface area contributed by atoms with Crippen LogP contribution in [0.3, 0.4) is 0 Å². The highest BCUT2D eigenvalue weighted by Crippen LogP contribution is 2.29. The number of halogens is 1. The lowest BCUT2D eigenvalue weighted by atomic mass is 10.0. The molecule has 1 aromatic carbocycles. The lowest BCUT2D eigenvalue weighted by molar-refractivity contribution is 0.0933. The van der Waals surface area contributed by atoms with Gasteiger partial charge in [0.05, 0.1) is 11.6 Å². The first-order chi connectivity index (χ1) is 14.5. The fourth-order valence-electron chi connectivity index (χ4n) is 4.01. The van der Waals surface area contributed by atoms with Gasteiger partial charge in [-0.3, -0.25) is 9.48 Å². The summed E-state index contributed by atoms with van der Waals surface area (Å²) < 4.78 is 16.0. The number of benzene rings is 1. The first-order valence-electron chi connectivity index (χ1n) is 11.1. The summed E-state index contributed by atoms with van der Waals surface area (Å²) >= 11 is 0. The first kappa shape index (κ1) is 23.3. The number of nitrogens with zero attached hydrogens (tertiary/aromatic N) is 4. The lowest BCUT2D eigenvalue weighted by Crippen LogP contribution is -2.45. The maximum absolute atomic E-state index is 14.1. The summed E-state index contributed by atoms with van der Waals surface area (Å²) in [5, 5.41) is 7.64. The van der Waals surface area contributed by atoms with Crippen LogP contribution in [0.4, 0.5) is 10.1 Å². The average molecular weight is 430 g/mol. The molecule has 1 N–H and O–H groups in total. The van der Waals surface area contributed by atoms with Crippen LogP contribution in [0.5, 0.6) is 0 Å². The number of hydrogen-bond acceptors (Lipinski definition) is 4. The van der Waals surface area contributed by atoms with Gasteiger partial charge >= 0.3 is 0 Å². The van der Waals surface area contributed by atoms with Crippen LogP contribution >= 0.6 is 0 Å². The van der Waals surface area contributed by atoms with E-state index in [1.165, 1.54) is 12.1 Å². The van der Waals surface area contributed by atoms with Gasteiger partial charge in [0.1, 0.15) is 11.5 Å². The molecule has 1 fully saturated rings. The minimum Gasteiger partial charge on any atom is -0.369 e. The number of aromatic nitrogens is 2. The first-order valence-corrected chi connectivity index (χ1v) is 11.1. The van der Waals surface area contributed by atoms with Gasteiger partial charge in [0, 0.05) is 43.1 Å². The molecule has 1 aliphatic heterocycles. The van der Waals surface area contributed by atoms with E-state index < -0.39 is 0 Å². The number of anilines is 1. The zero-order valence-corrected chi connectivity index (χ0v) is 19.9. The molecule has 0 saturated carbocycles. The second-order valence-electron chi connectivity index (χ2n) is 9.88. The van der Waals surface area contributed by atoms with E-state index in [4.69, 9.17) is 0 Å². The van der Waals surface area contributed by atoms with Crippen molar-refractivity contribution in [3.8, 4) is 0 Å². The van der Waals surface area contributed by atoms with Crippen molar-refractivity contribution >= 4 is 11.6 Å². The molecule has 1 unspecified atom stereocenters. The average Bonchev–Trinajstić information content (AvgIpc) is 3.15. The molecule has 0 spiro atoms. The van der Waals surface area contributed by atoms with E-state index in [9.17, 15) is 9.18 Å². The monoisotopic (exact) mass is 429 g/mol. The third kappa shape index (κ3) is 5.26. The van der Waals surface area contributed by atoms with Crippen LogP contribution in [0.15, 0.2) is 24.3 Å². The largest absolute Gasteiger partial charge is 0.369 e. The lowest BCUT2D eigenvalue weighted by Gasteiger charge is -2.36. The topological polar surface area (TPSA) is 53.4 Å². The van der Waals surface area contributed by atoms with Gasteiger partial charge in [-0.25, -0.2) is 4.39 Å². The summed E-state index contributed by atoms with van der Waals surface area (Å²) in [5.74, 6) is -0.295. The molecule has 31 heavy (non-hydrogen) atoms. The van der Waals surface area contributed by atoms with Gasteiger partial charge < -0.3 is 15.1 Å². The highest BCUT2D eigenvalue weighted by Gasteiger charge is 2.26. The Hall–Kier alpha value is -2.41. The van der Waals surface area contributed by atoms with Crippen LogP contribution < -0.4 is 10.2 Å². The Morgan fingerprint density at radius 3 is 2.29 bits per heavy atom. The Bertz CT molecular complexity index is 923. The Morgan fingerprint density at radius 2 is 1.74 bits per heavy atom. The predicted octanol–water partition coefficient (Wildman–Crippen LogP) is 4.14. The summed E-state index contributed by atoms with van der Waals surface area (Å²) in [4.78, 5) is 17.6. The van der Waals surface area contributed by atoms with Crippen molar-refractivity contribution in [3.63, 3.8) is 0 Å². The third-order valence-corrected chi connectivity index (χ3v) is 5.84. The molecular weight excluding hydrogens is 393 g/mol. The highest BCUT2D eigenvalue weighted by molar-refractivity contribution is 5.92. The van der Waals surface area contributed by atoms with Gasteiger partial charge in [-0.05, 0) is 64.9 Å². The van der Waals surface area contributed by atoms with Crippen LogP contribution in [-0.4, -0.2) is 53.8 Å². The second-order valence-corrected chi connectivity index (χ2v) is 9.88. The van der Waals surface area contributed by atoms with Crippen molar-refractivity contribution in [2.75, 3.05) is 38.1 Å². The summed E-state index contributed by atoms with van der Waals surface area (Å²) in [6.07, 6.45) is 0. The van der Waals surface area contributed by atoms with Crippen LogP contribution in [-0.2, 0) is 5.54 Å². The molecule has 0 aliphatic carbocycles. The van der Waals surface area contributed by atoms with E-state index in [1.807, 2.05) is 23.7 Å². The van der Waals surface area contributed by atoms with Crippen LogP contribution in [0.25, 0.3) is 0 Å². The fraction of sp³-hybridized carbons (Fsp3) is 0.583. The van der Waals surface area contributed by atoms with Crippen molar-refractivity contribution in [1.82, 2.24) is 20.0 Å². The molecular formula is C24H36FN5O. The molecule has 3 rings (SSSR count). The molecule has 1 atom stereocenters. The molecule has 6 nitrogen and oxygen atoms in total. The molecule has 170 valence electrons. The summed E-state index contributed by atoms with van der Waals surface area (Å²) in [6, 6.07) is 6.37. The Balaban J connectivity index is 1.84. The van der Waals surface area contributed by atoms with Crippen LogP contribution in [0.2, 0.25) is 0 Å². The molecule has 0 bridgehead atoms. The number of carbonyl (C=O) groups excluding carboxylic acids is 1. The van der Waals surface area contributed by atoms with E-state index in [-0.39, 0.29) is 29.2 Å². The zero-order valence-electron chi connectivity index (χ0n) is 19.9. The van der Waals surface area contributed by atoms with Crippen molar-refractivity contribution in [1.29, 1.82) is 0 Å². The third-order valence-electron chi connectivity index (χ3n) is 5.84. The van der Waals surface area contributed by atoms with E-state index in [2.05, 4.69) is 61.9 Å². The number of nitrogens with one attached hydrogen (secondary N) is 1. The minimum absolute atomic E-state index is 0.221. The quantitative estimate of drug-likeness (QED) is 0.776. The summed E-state index contributed by atoms with van der Waals surface area (Å²) in [7, 11) is 2.11. The number of likely N-dealkylation sites (N-methyl/N-ethyl adjacent to an activating group) is 1. The number of hydrogen-bond donors (Lipinski definition) is 1. The maximum atomic E-state index is 14.1. The molecule has 1 aliphatic rings. The maximum Gasteiger partial charge on any atom is 0.272 e. The van der Waals surface area contributed by atoms with Gasteiger partial charge in [-0.15, -0.1) is 0 Å². The van der Waals surface area contributed by atoms with Gasteiger partial charge in [-0.2, -0.15) is 5.10 Å². The number of carbonyl (C=O) groups is 1. The molecule has 1 aromatic heterocycles. The van der Waals surface area contributed by atoms with E-state index in [1.54, 1.807) is 0 Å². The van der Waals surface area contributed by atoms with Crippen LogP contribution in [0, 0.1) is 5.82 Å². The smallest absolute Gasteiger partial charge is 0.272 e. The highest BCUT2D eigenvalue weighted by atomic mass is 19.1. The predicted molar refractivity (Wildman–Crippen MR) is 123 cm³/mol. The van der Waals surface area contributed by atoms with E-state index in [0.29, 0.717) is 5.69 Å². The Kier molecular flexibility index (Phi) is 6.74. The van der Waals surface area contributed by atoms with Gasteiger partial charge in [0.15, 0.2) is 0 Å². The summed E-state index contributed by atoms with van der Waals surface area (Å²) in [6.45, 7) is 16.0. The normalized spacial score (nSPS) is 16.6. The molecule has 1 amide bonds. The minimum atomic E-state index is -0.347. The van der Waals surface area contributed by atoms with Gasteiger partial charge in [-0.1, -0.05) is 13.8 Å². The van der Waals surface area contributed by atoms with Crippen LogP contribution in [0.1, 0.15) is 75.2 Å². The summed E-state index contributed by atoms with van der Waals surface area (Å²) in [5.41, 5.74) is 2.96. The number of rotatable bonds is 5. The standard InChI is InChI=1S/C24H36FN5O/c1-16(2)22-15-20(27-30(22)24(4,5)6)23(31)26-17(3)19-14-18(25)8-9-21(19)29-12-10-28(7)11-13-29/h8-9,14-17H,10-13H2,1-7H3,(H,26,31). The van der Waals surface area contributed by atoms with Crippen molar-refractivity contribution in [3.05, 3.63) is 47.0 Å². The van der Waals surface area contributed by atoms with Crippen molar-refractivity contribution in [2.45, 2.75) is 59.0 Å². The number of piperazine rings is 1. The fourth-order valence-corrected chi connectivity index (χ4v) is 4.01. The molecule has 1 saturated heterocycles. The second kappa shape index (κ2) is 8.99. The zero-order chi connectivity index (χ0) is 22.9. The van der Waals surface area contributed by atoms with Gasteiger partial charge in [0.2, 0.25) is 0 Å². The van der Waals surface area contributed by atoms with E-state index in [0.717, 1.165) is 43.1 Å². The number of amides is 1. The molecule has 0 radical (unpaired) electrons. The molecule has 2 aromatic rings.